The maximum atomic E-state index is 11.0. The summed E-state index contributed by atoms with van der Waals surface area (Å²) in [6.07, 6.45) is 3.58. The molecule has 0 saturated carbocycles. The van der Waals surface area contributed by atoms with Crippen molar-refractivity contribution in [3.05, 3.63) is 0 Å². The van der Waals surface area contributed by atoms with E-state index >= 15 is 0 Å². The third-order valence-electron chi connectivity index (χ3n) is 3.31. The van der Waals surface area contributed by atoms with Gasteiger partial charge in [-0.2, -0.15) is 0 Å². The summed E-state index contributed by atoms with van der Waals surface area (Å²) in [5, 5.41) is 3.40. The van der Waals surface area contributed by atoms with Gasteiger partial charge in [0.1, 0.15) is 0 Å². The van der Waals surface area contributed by atoms with E-state index in [1.54, 1.807) is 4.90 Å². The second-order valence-electron chi connectivity index (χ2n) is 4.29. The summed E-state index contributed by atoms with van der Waals surface area (Å²) < 4.78 is 0. The maximum absolute atomic E-state index is 11.0. The first-order valence-corrected chi connectivity index (χ1v) is 4.97. The Morgan fingerprint density at radius 3 is 2.85 bits per heavy atom. The van der Waals surface area contributed by atoms with Crippen LogP contribution >= 0.6 is 0 Å². The highest BCUT2D eigenvalue weighted by Crippen LogP contribution is 2.35. The van der Waals surface area contributed by atoms with Crippen LogP contribution in [0.1, 0.15) is 19.3 Å². The second kappa shape index (κ2) is 3.18. The van der Waals surface area contributed by atoms with Gasteiger partial charge in [0.2, 0.25) is 0 Å². The summed E-state index contributed by atoms with van der Waals surface area (Å²) in [7, 11) is 0. The summed E-state index contributed by atoms with van der Waals surface area (Å²) in [5.41, 5.74) is 5.59. The highest BCUT2D eigenvalue weighted by Gasteiger charge is 2.39. The first kappa shape index (κ1) is 8.81. The van der Waals surface area contributed by atoms with E-state index in [2.05, 4.69) is 5.32 Å². The minimum absolute atomic E-state index is 0.262. The van der Waals surface area contributed by atoms with E-state index in [0.29, 0.717) is 5.41 Å². The molecule has 4 heteroatoms. The van der Waals surface area contributed by atoms with Crippen LogP contribution in [0.25, 0.3) is 0 Å². The molecule has 0 aromatic heterocycles. The Labute approximate surface area is 78.5 Å². The molecule has 1 atom stereocenters. The number of amides is 2. The van der Waals surface area contributed by atoms with Crippen LogP contribution in [-0.2, 0) is 0 Å². The molecule has 74 valence electrons. The topological polar surface area (TPSA) is 58.4 Å². The average Bonchev–Trinajstić information content (AvgIpc) is 2.51. The quantitative estimate of drug-likeness (QED) is 0.561. The van der Waals surface area contributed by atoms with E-state index in [0.717, 1.165) is 32.6 Å². The fraction of sp³-hybridized carbons (Fsp3) is 0.889. The molecule has 0 aromatic carbocycles. The minimum atomic E-state index is -0.262. The van der Waals surface area contributed by atoms with E-state index in [4.69, 9.17) is 5.73 Å². The Kier molecular flexibility index (Phi) is 2.15. The van der Waals surface area contributed by atoms with E-state index in [1.165, 1.54) is 12.8 Å². The molecule has 0 aliphatic carbocycles. The maximum Gasteiger partial charge on any atom is 0.314 e. The van der Waals surface area contributed by atoms with Crippen molar-refractivity contribution in [2.45, 2.75) is 19.3 Å². The average molecular weight is 183 g/mol. The van der Waals surface area contributed by atoms with E-state index < -0.39 is 0 Å². The van der Waals surface area contributed by atoms with Gasteiger partial charge in [-0.15, -0.1) is 0 Å². The number of nitrogens with one attached hydrogen (secondary N) is 1. The molecule has 3 N–H and O–H groups in total. The van der Waals surface area contributed by atoms with Gasteiger partial charge in [0.25, 0.3) is 0 Å². The molecular weight excluding hydrogens is 166 g/mol. The van der Waals surface area contributed by atoms with Gasteiger partial charge in [-0.3, -0.25) is 0 Å². The molecule has 2 heterocycles. The van der Waals surface area contributed by atoms with Crippen molar-refractivity contribution in [3.8, 4) is 0 Å². The summed E-state index contributed by atoms with van der Waals surface area (Å²) in [6.45, 7) is 3.88. The van der Waals surface area contributed by atoms with Crippen molar-refractivity contribution in [1.29, 1.82) is 0 Å². The Bertz CT molecular complexity index is 211. The van der Waals surface area contributed by atoms with Crippen LogP contribution in [0.2, 0.25) is 0 Å². The zero-order chi connectivity index (χ0) is 9.31. The van der Waals surface area contributed by atoms with Crippen LogP contribution in [0.5, 0.6) is 0 Å². The summed E-state index contributed by atoms with van der Waals surface area (Å²) in [6, 6.07) is -0.262. The fourth-order valence-electron chi connectivity index (χ4n) is 2.50. The zero-order valence-corrected chi connectivity index (χ0v) is 7.88. The van der Waals surface area contributed by atoms with Crippen molar-refractivity contribution in [3.63, 3.8) is 0 Å². The van der Waals surface area contributed by atoms with Gasteiger partial charge in [0.05, 0.1) is 0 Å². The van der Waals surface area contributed by atoms with Crippen molar-refractivity contribution < 1.29 is 4.79 Å². The largest absolute Gasteiger partial charge is 0.351 e. The Hall–Kier alpha value is -0.770. The molecule has 0 bridgehead atoms. The lowest BCUT2D eigenvalue weighted by Gasteiger charge is -2.33. The van der Waals surface area contributed by atoms with Gasteiger partial charge in [0.15, 0.2) is 0 Å². The van der Waals surface area contributed by atoms with Crippen LogP contribution in [-0.4, -0.2) is 37.1 Å². The second-order valence-corrected chi connectivity index (χ2v) is 4.29. The van der Waals surface area contributed by atoms with Gasteiger partial charge >= 0.3 is 6.03 Å². The van der Waals surface area contributed by atoms with E-state index in [-0.39, 0.29) is 6.03 Å². The van der Waals surface area contributed by atoms with Crippen molar-refractivity contribution >= 4 is 6.03 Å². The molecule has 2 amide bonds. The molecule has 2 fully saturated rings. The minimum Gasteiger partial charge on any atom is -0.351 e. The number of hydrogen-bond donors (Lipinski definition) is 2. The van der Waals surface area contributed by atoms with Crippen molar-refractivity contribution in [2.24, 2.45) is 11.1 Å². The van der Waals surface area contributed by atoms with Crippen LogP contribution in [0, 0.1) is 5.41 Å². The molecule has 2 rings (SSSR count). The lowest BCUT2D eigenvalue weighted by atomic mass is 9.80. The van der Waals surface area contributed by atoms with E-state index in [9.17, 15) is 4.79 Å². The number of carbonyl (C=O) groups is 1. The standard InChI is InChI=1S/C9H17N3O/c10-8(13)12-5-3-9(7-12)2-1-4-11-6-9/h11H,1-7H2,(H2,10,13). The van der Waals surface area contributed by atoms with Crippen LogP contribution in [0.15, 0.2) is 0 Å². The predicted octanol–water partition coefficient (Wildman–Crippen LogP) is 0.141. The number of piperidine rings is 1. The third-order valence-corrected chi connectivity index (χ3v) is 3.31. The Morgan fingerprint density at radius 2 is 2.31 bits per heavy atom. The molecule has 2 aliphatic rings. The molecule has 0 aromatic rings. The fourth-order valence-corrected chi connectivity index (χ4v) is 2.50. The van der Waals surface area contributed by atoms with Crippen LogP contribution in [0.3, 0.4) is 0 Å². The number of rotatable bonds is 0. The highest BCUT2D eigenvalue weighted by molar-refractivity contribution is 5.72. The molecule has 0 radical (unpaired) electrons. The lowest BCUT2D eigenvalue weighted by Crippen LogP contribution is -2.43. The van der Waals surface area contributed by atoms with Crippen LogP contribution < -0.4 is 11.1 Å². The van der Waals surface area contributed by atoms with Crippen molar-refractivity contribution in [1.82, 2.24) is 10.2 Å². The number of nitrogens with zero attached hydrogens (tertiary/aromatic N) is 1. The summed E-state index contributed by atoms with van der Waals surface area (Å²) in [5.74, 6) is 0. The smallest absolute Gasteiger partial charge is 0.314 e. The molecule has 1 spiro atoms. The zero-order valence-electron chi connectivity index (χ0n) is 7.88. The number of primary amides is 1. The number of urea groups is 1. The molecule has 4 nitrogen and oxygen atoms in total. The molecular formula is C9H17N3O. The van der Waals surface area contributed by atoms with Crippen molar-refractivity contribution in [2.75, 3.05) is 26.2 Å². The first-order valence-electron chi connectivity index (χ1n) is 4.97. The highest BCUT2D eigenvalue weighted by atomic mass is 16.2. The number of hydrogen-bond acceptors (Lipinski definition) is 2. The SMILES string of the molecule is NC(=O)N1CCC2(CCCNC2)C1. The number of likely N-dealkylation sites (tertiary alicyclic amines) is 1. The predicted molar refractivity (Wildman–Crippen MR) is 50.3 cm³/mol. The van der Waals surface area contributed by atoms with Gasteiger partial charge in [0, 0.05) is 25.0 Å². The molecule has 2 saturated heterocycles. The molecule has 2 aliphatic heterocycles. The van der Waals surface area contributed by atoms with Gasteiger partial charge in [-0.1, -0.05) is 0 Å². The van der Waals surface area contributed by atoms with Gasteiger partial charge in [-0.05, 0) is 25.8 Å². The summed E-state index contributed by atoms with van der Waals surface area (Å²) >= 11 is 0. The van der Waals surface area contributed by atoms with Crippen LogP contribution in [0.4, 0.5) is 4.79 Å². The van der Waals surface area contributed by atoms with Gasteiger partial charge in [-0.25, -0.2) is 4.79 Å². The van der Waals surface area contributed by atoms with Gasteiger partial charge < -0.3 is 16.0 Å². The Morgan fingerprint density at radius 1 is 1.46 bits per heavy atom. The number of nitrogens with two attached hydrogens (primary N) is 1. The monoisotopic (exact) mass is 183 g/mol. The Balaban J connectivity index is 1.98. The molecule has 1 unspecified atom stereocenters. The number of carbonyl (C=O) groups excluding carboxylic acids is 1. The lowest BCUT2D eigenvalue weighted by molar-refractivity contribution is 0.192. The molecule has 13 heavy (non-hydrogen) atoms. The third kappa shape index (κ3) is 1.63. The van der Waals surface area contributed by atoms with E-state index in [1.807, 2.05) is 0 Å². The first-order chi connectivity index (χ1) is 6.22. The summed E-state index contributed by atoms with van der Waals surface area (Å²) in [4.78, 5) is 12.7. The normalized spacial score (nSPS) is 34.0.